The Morgan fingerprint density at radius 2 is 2.00 bits per heavy atom. The molecule has 2 saturated heterocycles. The SMILES string of the molecule is C[C@@H]1CN(c2ccc(C#N)c3ncccc23)C[C@H](CN2CCN(c3ccc4c(c3)CNC4)[C@H](CO)C2)O1. The van der Waals surface area contributed by atoms with Gasteiger partial charge in [0.15, 0.2) is 0 Å². The van der Waals surface area contributed by atoms with E-state index in [1.807, 2.05) is 24.3 Å². The minimum absolute atomic E-state index is 0.0584. The highest BCUT2D eigenvalue weighted by atomic mass is 16.5. The Labute approximate surface area is 218 Å². The Bertz CT molecular complexity index is 1320. The minimum Gasteiger partial charge on any atom is -0.394 e. The number of rotatable bonds is 5. The molecular formula is C29H34N6O2. The molecule has 3 aliphatic rings. The number of aromatic nitrogens is 1. The fourth-order valence-corrected chi connectivity index (χ4v) is 6.20. The lowest BCUT2D eigenvalue weighted by atomic mass is 10.0. The van der Waals surface area contributed by atoms with Crippen LogP contribution in [0.1, 0.15) is 23.6 Å². The number of nitrogens with one attached hydrogen (secondary N) is 1. The van der Waals surface area contributed by atoms with E-state index in [9.17, 15) is 10.4 Å². The lowest BCUT2D eigenvalue weighted by Gasteiger charge is -2.45. The van der Waals surface area contributed by atoms with Crippen LogP contribution in [0.4, 0.5) is 11.4 Å². The molecule has 0 spiro atoms. The fourth-order valence-electron chi connectivity index (χ4n) is 6.20. The van der Waals surface area contributed by atoms with Crippen molar-refractivity contribution in [2.75, 3.05) is 55.7 Å². The molecule has 0 unspecified atom stereocenters. The van der Waals surface area contributed by atoms with Gasteiger partial charge < -0.3 is 25.0 Å². The lowest BCUT2D eigenvalue weighted by Crippen LogP contribution is -2.58. The number of pyridine rings is 1. The number of nitriles is 1. The predicted octanol–water partition coefficient (Wildman–Crippen LogP) is 2.49. The highest BCUT2D eigenvalue weighted by molar-refractivity contribution is 5.95. The Balaban J connectivity index is 1.15. The summed E-state index contributed by atoms with van der Waals surface area (Å²) in [4.78, 5) is 11.7. The van der Waals surface area contributed by atoms with E-state index in [1.54, 1.807) is 6.20 Å². The van der Waals surface area contributed by atoms with Crippen LogP contribution in [0.3, 0.4) is 0 Å². The van der Waals surface area contributed by atoms with Gasteiger partial charge in [-0.15, -0.1) is 0 Å². The first-order valence-corrected chi connectivity index (χ1v) is 13.2. The number of ether oxygens (including phenoxy) is 1. The third-order valence-electron chi connectivity index (χ3n) is 7.93. The maximum Gasteiger partial charge on any atom is 0.101 e. The van der Waals surface area contributed by atoms with Crippen molar-refractivity contribution in [2.45, 2.75) is 38.3 Å². The van der Waals surface area contributed by atoms with Crippen LogP contribution in [0, 0.1) is 11.3 Å². The summed E-state index contributed by atoms with van der Waals surface area (Å²) in [7, 11) is 0. The zero-order valence-corrected chi connectivity index (χ0v) is 21.3. The van der Waals surface area contributed by atoms with Crippen LogP contribution >= 0.6 is 0 Å². The van der Waals surface area contributed by atoms with Crippen LogP contribution in [0.2, 0.25) is 0 Å². The van der Waals surface area contributed by atoms with E-state index < -0.39 is 0 Å². The van der Waals surface area contributed by atoms with Gasteiger partial charge in [-0.2, -0.15) is 5.26 Å². The Hall–Kier alpha value is -3.22. The van der Waals surface area contributed by atoms with E-state index in [0.717, 1.165) is 68.9 Å². The molecule has 3 atom stereocenters. The maximum absolute atomic E-state index is 10.3. The average Bonchev–Trinajstić information content (AvgIpc) is 3.40. The van der Waals surface area contributed by atoms with E-state index in [1.165, 1.54) is 16.8 Å². The molecule has 1 aromatic heterocycles. The monoisotopic (exact) mass is 498 g/mol. The van der Waals surface area contributed by atoms with Crippen LogP contribution in [0.15, 0.2) is 48.7 Å². The molecular weight excluding hydrogens is 464 g/mol. The number of hydrogen-bond donors (Lipinski definition) is 2. The van der Waals surface area contributed by atoms with Crippen molar-refractivity contribution in [3.63, 3.8) is 0 Å². The number of benzene rings is 2. The molecule has 0 radical (unpaired) electrons. The van der Waals surface area contributed by atoms with Crippen molar-refractivity contribution < 1.29 is 9.84 Å². The van der Waals surface area contributed by atoms with E-state index in [-0.39, 0.29) is 24.9 Å². The minimum atomic E-state index is 0.0584. The molecule has 2 aromatic carbocycles. The molecule has 2 N–H and O–H groups in total. The summed E-state index contributed by atoms with van der Waals surface area (Å²) in [5, 5.41) is 24.2. The van der Waals surface area contributed by atoms with Crippen LogP contribution in [0.25, 0.3) is 10.9 Å². The number of aliphatic hydroxyl groups is 1. The largest absolute Gasteiger partial charge is 0.394 e. The summed E-state index contributed by atoms with van der Waals surface area (Å²) in [6.07, 6.45) is 1.90. The van der Waals surface area contributed by atoms with E-state index in [4.69, 9.17) is 4.74 Å². The number of morpholine rings is 1. The highest BCUT2D eigenvalue weighted by Gasteiger charge is 2.32. The fraction of sp³-hybridized carbons (Fsp3) is 0.448. The van der Waals surface area contributed by atoms with Crippen molar-refractivity contribution in [3.8, 4) is 6.07 Å². The Morgan fingerprint density at radius 3 is 2.86 bits per heavy atom. The van der Waals surface area contributed by atoms with E-state index in [0.29, 0.717) is 5.56 Å². The molecule has 3 aliphatic heterocycles. The molecule has 4 heterocycles. The van der Waals surface area contributed by atoms with Gasteiger partial charge in [0.05, 0.1) is 35.9 Å². The second-order valence-electron chi connectivity index (χ2n) is 10.5. The van der Waals surface area contributed by atoms with Crippen molar-refractivity contribution in [1.29, 1.82) is 5.26 Å². The third kappa shape index (κ3) is 4.76. The number of anilines is 2. The topological polar surface area (TPSA) is 87.9 Å². The zero-order valence-electron chi connectivity index (χ0n) is 21.3. The summed E-state index contributed by atoms with van der Waals surface area (Å²) in [5.41, 5.74) is 6.41. The summed E-state index contributed by atoms with van der Waals surface area (Å²) in [6, 6.07) is 16.9. The average molecular weight is 499 g/mol. The van der Waals surface area contributed by atoms with Gasteiger partial charge in [0.2, 0.25) is 0 Å². The molecule has 6 rings (SSSR count). The van der Waals surface area contributed by atoms with Crippen LogP contribution < -0.4 is 15.1 Å². The number of piperazine rings is 1. The second kappa shape index (κ2) is 10.3. The Morgan fingerprint density at radius 1 is 1.11 bits per heavy atom. The van der Waals surface area contributed by atoms with E-state index >= 15 is 0 Å². The second-order valence-corrected chi connectivity index (χ2v) is 10.5. The van der Waals surface area contributed by atoms with Crippen LogP contribution in [0.5, 0.6) is 0 Å². The summed E-state index contributed by atoms with van der Waals surface area (Å²) in [6.45, 7) is 9.15. The molecule has 8 heteroatoms. The molecule has 192 valence electrons. The smallest absolute Gasteiger partial charge is 0.101 e. The quantitative estimate of drug-likeness (QED) is 0.555. The molecule has 0 bridgehead atoms. The van der Waals surface area contributed by atoms with Crippen molar-refractivity contribution in [3.05, 3.63) is 65.4 Å². The van der Waals surface area contributed by atoms with Gasteiger partial charge in [0.1, 0.15) is 6.07 Å². The zero-order chi connectivity index (χ0) is 25.4. The Kier molecular flexibility index (Phi) is 6.70. The van der Waals surface area contributed by atoms with Gasteiger partial charge in [-0.05, 0) is 54.4 Å². The maximum atomic E-state index is 10.3. The molecule has 37 heavy (non-hydrogen) atoms. The lowest BCUT2D eigenvalue weighted by molar-refractivity contribution is -0.0351. The number of fused-ring (bicyclic) bond motifs is 2. The standard InChI is InChI=1S/C29H34N6O2/c1-20-15-34(28-7-5-21(12-30)29-27(28)3-2-8-32-29)18-26(37-20)17-33-9-10-35(25(16-33)19-36)24-6-4-22-13-31-14-23(22)11-24/h2-8,11,20,25-26,31,36H,9-10,13-19H2,1H3/t20-,25+,26+/m1/s1. The van der Waals surface area contributed by atoms with Gasteiger partial charge >= 0.3 is 0 Å². The highest BCUT2D eigenvalue weighted by Crippen LogP contribution is 2.31. The van der Waals surface area contributed by atoms with E-state index in [2.05, 4.69) is 56.2 Å². The van der Waals surface area contributed by atoms with Gasteiger partial charge in [-0.25, -0.2) is 0 Å². The molecule has 2 fully saturated rings. The first-order valence-electron chi connectivity index (χ1n) is 13.2. The summed E-state index contributed by atoms with van der Waals surface area (Å²) < 4.78 is 6.39. The first kappa shape index (κ1) is 24.1. The first-order chi connectivity index (χ1) is 18.1. The van der Waals surface area contributed by atoms with Gasteiger partial charge in [0.25, 0.3) is 0 Å². The summed E-state index contributed by atoms with van der Waals surface area (Å²) in [5.74, 6) is 0. The van der Waals surface area contributed by atoms with Crippen molar-refractivity contribution >= 4 is 22.3 Å². The normalized spacial score (nSPS) is 24.3. The van der Waals surface area contributed by atoms with Crippen molar-refractivity contribution in [2.24, 2.45) is 0 Å². The van der Waals surface area contributed by atoms with Gasteiger partial charge in [-0.1, -0.05) is 6.07 Å². The van der Waals surface area contributed by atoms with Gasteiger partial charge in [0, 0.05) is 75.3 Å². The number of nitrogens with zero attached hydrogens (tertiary/aromatic N) is 5. The molecule has 8 nitrogen and oxygen atoms in total. The molecule has 0 amide bonds. The number of aliphatic hydroxyl groups excluding tert-OH is 1. The van der Waals surface area contributed by atoms with Crippen molar-refractivity contribution in [1.82, 2.24) is 15.2 Å². The van der Waals surface area contributed by atoms with Gasteiger partial charge in [-0.3, -0.25) is 9.88 Å². The third-order valence-corrected chi connectivity index (χ3v) is 7.93. The molecule has 3 aromatic rings. The molecule has 0 aliphatic carbocycles. The summed E-state index contributed by atoms with van der Waals surface area (Å²) >= 11 is 0. The van der Waals surface area contributed by atoms with Crippen LogP contribution in [-0.2, 0) is 17.8 Å². The number of hydrogen-bond acceptors (Lipinski definition) is 8. The predicted molar refractivity (Wildman–Crippen MR) is 145 cm³/mol. The van der Waals surface area contributed by atoms with Crippen LogP contribution in [-0.4, -0.2) is 79.1 Å². The molecule has 0 saturated carbocycles.